The second-order valence-corrected chi connectivity index (χ2v) is 5.34. The van der Waals surface area contributed by atoms with Crippen molar-refractivity contribution in [3.63, 3.8) is 0 Å². The van der Waals surface area contributed by atoms with Gasteiger partial charge in [0.1, 0.15) is 6.61 Å². The van der Waals surface area contributed by atoms with Crippen LogP contribution in [-0.2, 0) is 19.6 Å². The van der Waals surface area contributed by atoms with Crippen LogP contribution in [0.15, 0.2) is 28.7 Å². The summed E-state index contributed by atoms with van der Waals surface area (Å²) in [4.78, 5) is 0. The van der Waals surface area contributed by atoms with Crippen molar-refractivity contribution in [3.8, 4) is 11.5 Å². The van der Waals surface area contributed by atoms with Gasteiger partial charge in [-0.15, -0.1) is 0 Å². The van der Waals surface area contributed by atoms with E-state index in [0.29, 0.717) is 13.2 Å². The average Bonchev–Trinajstić information content (AvgIpc) is 2.82. The summed E-state index contributed by atoms with van der Waals surface area (Å²) in [5, 5.41) is 4.58. The molecule has 0 spiro atoms. The Balaban J connectivity index is 2.18. The van der Waals surface area contributed by atoms with Crippen LogP contribution in [-0.4, -0.2) is 16.4 Å². The molecule has 0 bridgehead atoms. The highest BCUT2D eigenvalue weighted by atomic mass is 79.9. The highest BCUT2D eigenvalue weighted by Gasteiger charge is 2.15. The maximum atomic E-state index is 5.94. The Morgan fingerprint density at radius 2 is 1.76 bits per heavy atom. The Hall–Kier alpha value is -1.49. The molecule has 0 amide bonds. The summed E-state index contributed by atoms with van der Waals surface area (Å²) >= 11 is 3.63. The van der Waals surface area contributed by atoms with Gasteiger partial charge in [0.25, 0.3) is 0 Å². The van der Waals surface area contributed by atoms with Gasteiger partial charge in [0, 0.05) is 6.54 Å². The fraction of sp³-hybridized carbons (Fsp3) is 0.438. The van der Waals surface area contributed by atoms with Crippen LogP contribution in [0.25, 0.3) is 0 Å². The van der Waals surface area contributed by atoms with Gasteiger partial charge in [-0.05, 0) is 48.3 Å². The number of aromatic nitrogens is 2. The first-order valence-electron chi connectivity index (χ1n) is 7.29. The molecule has 0 aliphatic rings. The van der Waals surface area contributed by atoms with E-state index in [9.17, 15) is 0 Å². The van der Waals surface area contributed by atoms with Gasteiger partial charge in [0.15, 0.2) is 11.5 Å². The number of hydrogen-bond acceptors (Lipinski definition) is 3. The van der Waals surface area contributed by atoms with Crippen LogP contribution in [0, 0.1) is 0 Å². The van der Waals surface area contributed by atoms with E-state index >= 15 is 0 Å². The molecule has 2 rings (SSSR count). The van der Waals surface area contributed by atoms with Crippen molar-refractivity contribution in [1.29, 1.82) is 0 Å². The summed E-state index contributed by atoms with van der Waals surface area (Å²) in [6.45, 7) is 8.05. The molecule has 2 aromatic rings. The Bertz CT molecular complexity index is 596. The van der Waals surface area contributed by atoms with Gasteiger partial charge in [0.05, 0.1) is 22.5 Å². The first-order chi connectivity index (χ1) is 10.2. The highest BCUT2D eigenvalue weighted by molar-refractivity contribution is 9.10. The second kappa shape index (κ2) is 7.50. The maximum absolute atomic E-state index is 5.94. The molecule has 4 nitrogen and oxygen atoms in total. The molecule has 1 aromatic carbocycles. The molecule has 1 aromatic heterocycles. The predicted octanol–water partition coefficient (Wildman–Crippen LogP) is 4.21. The minimum Gasteiger partial charge on any atom is -0.490 e. The molecule has 0 unspecified atom stereocenters. The molecule has 5 heteroatoms. The van der Waals surface area contributed by atoms with Crippen molar-refractivity contribution in [3.05, 3.63) is 40.1 Å². The van der Waals surface area contributed by atoms with E-state index in [1.165, 1.54) is 0 Å². The van der Waals surface area contributed by atoms with Crippen molar-refractivity contribution in [2.75, 3.05) is 6.61 Å². The molecule has 114 valence electrons. The fourth-order valence-electron chi connectivity index (χ4n) is 2.15. The fourth-order valence-corrected chi connectivity index (χ4v) is 2.82. The van der Waals surface area contributed by atoms with Gasteiger partial charge in [0.2, 0.25) is 0 Å². The van der Waals surface area contributed by atoms with Crippen LogP contribution >= 0.6 is 15.9 Å². The van der Waals surface area contributed by atoms with Crippen molar-refractivity contribution in [2.45, 2.75) is 40.3 Å². The van der Waals surface area contributed by atoms with Gasteiger partial charge in [-0.1, -0.05) is 19.1 Å². The zero-order valence-corrected chi connectivity index (χ0v) is 14.3. The lowest BCUT2D eigenvalue weighted by molar-refractivity contribution is 0.261. The summed E-state index contributed by atoms with van der Waals surface area (Å²) in [6.07, 6.45) is 0.899. The third-order valence-electron chi connectivity index (χ3n) is 3.21. The van der Waals surface area contributed by atoms with Crippen molar-refractivity contribution < 1.29 is 9.47 Å². The van der Waals surface area contributed by atoms with E-state index in [0.717, 1.165) is 40.3 Å². The Kier molecular flexibility index (Phi) is 5.67. The average molecular weight is 353 g/mol. The topological polar surface area (TPSA) is 36.3 Å². The van der Waals surface area contributed by atoms with Gasteiger partial charge in [-0.3, -0.25) is 4.68 Å². The van der Waals surface area contributed by atoms with Gasteiger partial charge in [-0.2, -0.15) is 5.10 Å². The molecule has 0 saturated carbocycles. The number of nitrogens with zero attached hydrogens (tertiary/aromatic N) is 2. The van der Waals surface area contributed by atoms with Gasteiger partial charge >= 0.3 is 0 Å². The number of ether oxygens (including phenoxy) is 2. The SMILES string of the molecule is CCOc1ccccc1OCc1c(Br)c(CC)nn1CC. The molecular formula is C16H21BrN2O2. The molecular weight excluding hydrogens is 332 g/mol. The third kappa shape index (κ3) is 3.59. The van der Waals surface area contributed by atoms with Crippen LogP contribution < -0.4 is 9.47 Å². The van der Waals surface area contributed by atoms with Crippen molar-refractivity contribution >= 4 is 15.9 Å². The smallest absolute Gasteiger partial charge is 0.161 e. The minimum absolute atomic E-state index is 0.464. The highest BCUT2D eigenvalue weighted by Crippen LogP contribution is 2.29. The molecule has 0 fully saturated rings. The summed E-state index contributed by atoms with van der Waals surface area (Å²) in [5.41, 5.74) is 2.12. The summed E-state index contributed by atoms with van der Waals surface area (Å²) in [7, 11) is 0. The van der Waals surface area contributed by atoms with Crippen LogP contribution in [0.2, 0.25) is 0 Å². The molecule has 0 radical (unpaired) electrons. The number of rotatable bonds is 7. The second-order valence-electron chi connectivity index (χ2n) is 4.55. The van der Waals surface area contributed by atoms with Gasteiger partial charge < -0.3 is 9.47 Å². The maximum Gasteiger partial charge on any atom is 0.161 e. The lowest BCUT2D eigenvalue weighted by Crippen LogP contribution is -2.07. The monoisotopic (exact) mass is 352 g/mol. The van der Waals surface area contributed by atoms with E-state index < -0.39 is 0 Å². The normalized spacial score (nSPS) is 10.7. The molecule has 0 aliphatic heterocycles. The molecule has 21 heavy (non-hydrogen) atoms. The Morgan fingerprint density at radius 3 is 2.33 bits per heavy atom. The number of aryl methyl sites for hydroxylation is 2. The minimum atomic E-state index is 0.464. The number of benzene rings is 1. The lowest BCUT2D eigenvalue weighted by Gasteiger charge is -2.12. The van der Waals surface area contributed by atoms with E-state index in [-0.39, 0.29) is 0 Å². The van der Waals surface area contributed by atoms with E-state index in [2.05, 4.69) is 34.9 Å². The zero-order valence-electron chi connectivity index (χ0n) is 12.7. The number of para-hydroxylation sites is 2. The van der Waals surface area contributed by atoms with E-state index in [1.54, 1.807) is 0 Å². The van der Waals surface area contributed by atoms with E-state index in [1.807, 2.05) is 35.9 Å². The Labute approximate surface area is 134 Å². The predicted molar refractivity (Wildman–Crippen MR) is 86.9 cm³/mol. The first-order valence-corrected chi connectivity index (χ1v) is 8.09. The van der Waals surface area contributed by atoms with Crippen molar-refractivity contribution in [2.24, 2.45) is 0 Å². The zero-order chi connectivity index (χ0) is 15.2. The number of halogens is 1. The van der Waals surface area contributed by atoms with E-state index in [4.69, 9.17) is 9.47 Å². The van der Waals surface area contributed by atoms with Gasteiger partial charge in [-0.25, -0.2) is 0 Å². The lowest BCUT2D eigenvalue weighted by atomic mass is 10.3. The summed E-state index contributed by atoms with van der Waals surface area (Å²) < 4.78 is 14.5. The van der Waals surface area contributed by atoms with Crippen LogP contribution in [0.3, 0.4) is 0 Å². The Morgan fingerprint density at radius 1 is 1.10 bits per heavy atom. The third-order valence-corrected chi connectivity index (χ3v) is 4.12. The summed E-state index contributed by atoms with van der Waals surface area (Å²) in [5.74, 6) is 1.53. The molecule has 0 atom stereocenters. The molecule has 0 aliphatic carbocycles. The van der Waals surface area contributed by atoms with Crippen LogP contribution in [0.5, 0.6) is 11.5 Å². The standard InChI is InChI=1S/C16H21BrN2O2/c1-4-12-16(17)13(19(5-2)18-12)11-21-15-10-8-7-9-14(15)20-6-3/h7-10H,4-6,11H2,1-3H3. The largest absolute Gasteiger partial charge is 0.490 e. The molecule has 1 heterocycles. The summed E-state index contributed by atoms with van der Waals surface area (Å²) in [6, 6.07) is 7.73. The van der Waals surface area contributed by atoms with Crippen molar-refractivity contribution in [1.82, 2.24) is 9.78 Å². The quantitative estimate of drug-likeness (QED) is 0.748. The molecule has 0 N–H and O–H groups in total. The van der Waals surface area contributed by atoms with Crippen LogP contribution in [0.1, 0.15) is 32.2 Å². The first kappa shape index (κ1) is 15.9. The molecule has 0 saturated heterocycles. The number of hydrogen-bond donors (Lipinski definition) is 0. The van der Waals surface area contributed by atoms with Crippen LogP contribution in [0.4, 0.5) is 0 Å².